The van der Waals surface area contributed by atoms with Crippen LogP contribution in [0.1, 0.15) is 17.5 Å². The Bertz CT molecular complexity index is 505. The van der Waals surface area contributed by atoms with Gasteiger partial charge < -0.3 is 0 Å². The lowest BCUT2D eigenvalue weighted by molar-refractivity contribution is 0.100. The van der Waals surface area contributed by atoms with Gasteiger partial charge in [0.15, 0.2) is 11.6 Å². The van der Waals surface area contributed by atoms with Crippen molar-refractivity contribution < 1.29 is 9.18 Å². The van der Waals surface area contributed by atoms with Gasteiger partial charge in [0.1, 0.15) is 5.82 Å². The summed E-state index contributed by atoms with van der Waals surface area (Å²) >= 11 is 0. The van der Waals surface area contributed by atoms with Gasteiger partial charge in [-0.3, -0.25) is 9.36 Å². The zero-order chi connectivity index (χ0) is 10.8. The zero-order valence-electron chi connectivity index (χ0n) is 8.14. The molecule has 0 aliphatic heterocycles. The van der Waals surface area contributed by atoms with Crippen molar-refractivity contribution in [3.8, 4) is 5.69 Å². The van der Waals surface area contributed by atoms with Gasteiger partial charge in [-0.15, -0.1) is 0 Å². The normalized spacial score (nSPS) is 10.3. The largest absolute Gasteiger partial charge is 0.297 e. The smallest absolute Gasteiger partial charge is 0.195 e. The first-order valence-electron chi connectivity index (χ1n) is 4.49. The van der Waals surface area contributed by atoms with E-state index in [1.54, 1.807) is 22.9 Å². The fraction of sp³-hybridized carbons (Fsp3) is 0.0909. The second-order valence-electron chi connectivity index (χ2n) is 3.16. The van der Waals surface area contributed by atoms with Crippen molar-refractivity contribution in [1.29, 1.82) is 0 Å². The maximum absolute atomic E-state index is 13.0. The summed E-state index contributed by atoms with van der Waals surface area (Å²) in [6, 6.07) is 6.02. The van der Waals surface area contributed by atoms with Crippen LogP contribution in [0.4, 0.5) is 4.39 Å². The maximum atomic E-state index is 13.0. The molecule has 0 unspecified atom stereocenters. The molecule has 0 bridgehead atoms. The van der Waals surface area contributed by atoms with Gasteiger partial charge in [-0.25, -0.2) is 9.37 Å². The van der Waals surface area contributed by atoms with Crippen molar-refractivity contribution in [2.45, 2.75) is 6.92 Å². The number of rotatable bonds is 2. The van der Waals surface area contributed by atoms with E-state index in [1.165, 1.54) is 25.3 Å². The highest BCUT2D eigenvalue weighted by Gasteiger charge is 2.09. The van der Waals surface area contributed by atoms with Crippen LogP contribution in [0.5, 0.6) is 0 Å². The molecule has 0 spiro atoms. The molecule has 1 aromatic carbocycles. The third-order valence-electron chi connectivity index (χ3n) is 2.04. The summed E-state index contributed by atoms with van der Waals surface area (Å²) in [6.45, 7) is 1.43. The highest BCUT2D eigenvalue weighted by atomic mass is 19.1. The van der Waals surface area contributed by atoms with Crippen LogP contribution in [-0.2, 0) is 0 Å². The van der Waals surface area contributed by atoms with Crippen LogP contribution in [0.2, 0.25) is 0 Å². The first-order valence-corrected chi connectivity index (χ1v) is 4.49. The van der Waals surface area contributed by atoms with Crippen LogP contribution < -0.4 is 0 Å². The van der Waals surface area contributed by atoms with E-state index in [2.05, 4.69) is 4.98 Å². The Labute approximate surface area is 86.2 Å². The summed E-state index contributed by atoms with van der Waals surface area (Å²) in [6.07, 6.45) is 3.15. The van der Waals surface area contributed by atoms with Crippen molar-refractivity contribution in [2.75, 3.05) is 0 Å². The Morgan fingerprint density at radius 2 is 2.27 bits per heavy atom. The fourth-order valence-electron chi connectivity index (χ4n) is 1.40. The third-order valence-corrected chi connectivity index (χ3v) is 2.04. The molecule has 0 aliphatic rings. The number of benzene rings is 1. The average molecular weight is 204 g/mol. The van der Waals surface area contributed by atoms with Crippen molar-refractivity contribution in [2.24, 2.45) is 0 Å². The molecule has 0 saturated carbocycles. The van der Waals surface area contributed by atoms with E-state index >= 15 is 0 Å². The summed E-state index contributed by atoms with van der Waals surface area (Å²) < 4.78 is 14.5. The van der Waals surface area contributed by atoms with Crippen LogP contribution in [0, 0.1) is 5.82 Å². The SMILES string of the molecule is CC(=O)c1nccn1-c1cccc(F)c1. The van der Waals surface area contributed by atoms with Crippen LogP contribution in [0.15, 0.2) is 36.7 Å². The topological polar surface area (TPSA) is 34.9 Å². The molecule has 1 aromatic heterocycles. The number of halogens is 1. The first-order chi connectivity index (χ1) is 7.18. The molecule has 3 nitrogen and oxygen atoms in total. The van der Waals surface area contributed by atoms with E-state index < -0.39 is 0 Å². The molecule has 4 heteroatoms. The Hall–Kier alpha value is -1.97. The molecule has 0 aliphatic carbocycles. The number of nitrogens with zero attached hydrogens (tertiary/aromatic N) is 2. The molecule has 0 amide bonds. The van der Waals surface area contributed by atoms with Gasteiger partial charge in [-0.2, -0.15) is 0 Å². The molecule has 0 radical (unpaired) electrons. The lowest BCUT2D eigenvalue weighted by Crippen LogP contribution is -2.05. The van der Waals surface area contributed by atoms with Gasteiger partial charge in [0.05, 0.1) is 5.69 Å². The minimum absolute atomic E-state index is 0.149. The van der Waals surface area contributed by atoms with E-state index in [9.17, 15) is 9.18 Å². The van der Waals surface area contributed by atoms with Gasteiger partial charge in [-0.1, -0.05) is 6.07 Å². The molecule has 15 heavy (non-hydrogen) atoms. The van der Waals surface area contributed by atoms with Crippen molar-refractivity contribution >= 4 is 5.78 Å². The minimum Gasteiger partial charge on any atom is -0.297 e. The minimum atomic E-state index is -0.337. The van der Waals surface area contributed by atoms with Crippen LogP contribution in [0.25, 0.3) is 5.69 Å². The van der Waals surface area contributed by atoms with Crippen LogP contribution >= 0.6 is 0 Å². The number of carbonyl (C=O) groups excluding carboxylic acids is 1. The molecule has 0 atom stereocenters. The number of hydrogen-bond donors (Lipinski definition) is 0. The number of hydrogen-bond acceptors (Lipinski definition) is 2. The van der Waals surface area contributed by atoms with Crippen LogP contribution in [-0.4, -0.2) is 15.3 Å². The number of carbonyl (C=O) groups is 1. The van der Waals surface area contributed by atoms with Crippen molar-refractivity contribution in [1.82, 2.24) is 9.55 Å². The van der Waals surface area contributed by atoms with Gasteiger partial charge in [0, 0.05) is 19.3 Å². The first kappa shape index (κ1) is 9.58. The van der Waals surface area contributed by atoms with Gasteiger partial charge in [-0.05, 0) is 18.2 Å². The second kappa shape index (κ2) is 3.65. The monoisotopic (exact) mass is 204 g/mol. The molecule has 2 aromatic rings. The van der Waals surface area contributed by atoms with E-state index in [-0.39, 0.29) is 11.6 Å². The Morgan fingerprint density at radius 3 is 2.93 bits per heavy atom. The molecule has 0 saturated heterocycles. The third kappa shape index (κ3) is 1.79. The number of ketones is 1. The van der Waals surface area contributed by atoms with E-state index in [0.29, 0.717) is 11.5 Å². The predicted octanol–water partition coefficient (Wildman–Crippen LogP) is 2.21. The predicted molar refractivity (Wildman–Crippen MR) is 53.5 cm³/mol. The summed E-state index contributed by atoms with van der Waals surface area (Å²) in [4.78, 5) is 15.1. The van der Waals surface area contributed by atoms with Crippen molar-refractivity contribution in [3.05, 3.63) is 48.3 Å². The van der Waals surface area contributed by atoms with E-state index in [0.717, 1.165) is 0 Å². The van der Waals surface area contributed by atoms with E-state index in [4.69, 9.17) is 0 Å². The summed E-state index contributed by atoms with van der Waals surface area (Å²) in [5, 5.41) is 0. The number of aromatic nitrogens is 2. The van der Waals surface area contributed by atoms with Gasteiger partial charge in [0.25, 0.3) is 0 Å². The highest BCUT2D eigenvalue weighted by molar-refractivity contribution is 5.91. The fourth-order valence-corrected chi connectivity index (χ4v) is 1.40. The second-order valence-corrected chi connectivity index (χ2v) is 3.16. The quantitative estimate of drug-likeness (QED) is 0.703. The van der Waals surface area contributed by atoms with Gasteiger partial charge in [0.2, 0.25) is 0 Å². The molecular weight excluding hydrogens is 195 g/mol. The van der Waals surface area contributed by atoms with Crippen molar-refractivity contribution in [3.63, 3.8) is 0 Å². The lowest BCUT2D eigenvalue weighted by Gasteiger charge is -2.04. The Balaban J connectivity index is 2.54. The molecular formula is C11H9FN2O. The summed E-state index contributed by atoms with van der Waals surface area (Å²) in [7, 11) is 0. The molecule has 2 rings (SSSR count). The Morgan fingerprint density at radius 1 is 1.47 bits per heavy atom. The summed E-state index contributed by atoms with van der Waals surface area (Å²) in [5.74, 6) is -0.180. The Kier molecular flexibility index (Phi) is 2.33. The van der Waals surface area contributed by atoms with Crippen LogP contribution in [0.3, 0.4) is 0 Å². The summed E-state index contributed by atoms with van der Waals surface area (Å²) in [5.41, 5.74) is 0.595. The molecule has 0 N–H and O–H groups in total. The van der Waals surface area contributed by atoms with Gasteiger partial charge >= 0.3 is 0 Å². The highest BCUT2D eigenvalue weighted by Crippen LogP contribution is 2.12. The molecule has 76 valence electrons. The standard InChI is InChI=1S/C11H9FN2O/c1-8(15)11-13-5-6-14(11)10-4-2-3-9(12)7-10/h2-7H,1H3. The average Bonchev–Trinajstić information content (AvgIpc) is 2.65. The molecule has 1 heterocycles. The van der Waals surface area contributed by atoms with E-state index in [1.807, 2.05) is 0 Å². The zero-order valence-corrected chi connectivity index (χ0v) is 8.14. The number of imidazole rings is 1. The number of Topliss-reactive ketones (excluding diaryl/α,β-unsaturated/α-hetero) is 1. The lowest BCUT2D eigenvalue weighted by atomic mass is 10.3. The maximum Gasteiger partial charge on any atom is 0.195 e. The molecule has 0 fully saturated rings.